The molecule has 0 aliphatic carbocycles. The molecular weight excluding hydrogens is 416 g/mol. The van der Waals surface area contributed by atoms with Gasteiger partial charge in [0.15, 0.2) is 17.4 Å². The number of carbonyl (C=O) groups excluding carboxylic acids is 2. The van der Waals surface area contributed by atoms with Crippen molar-refractivity contribution in [2.45, 2.75) is 26.7 Å². The molecule has 0 saturated heterocycles. The average Bonchev–Trinajstić information content (AvgIpc) is 3.07. The van der Waals surface area contributed by atoms with E-state index in [1.807, 2.05) is 4.72 Å². The molecule has 30 heavy (non-hydrogen) atoms. The molecular formula is C20H19F2N3O4S. The van der Waals surface area contributed by atoms with Gasteiger partial charge in [-0.25, -0.2) is 22.2 Å². The number of hydrogen-bond donors (Lipinski definition) is 2. The SMILES string of the molecule is CCCS(=O)(=O)Nc1ccc(F)c(C(=O)Cc2cnc3[nH]cc(C(C)=O)c3c2)c1F. The van der Waals surface area contributed by atoms with Gasteiger partial charge in [0, 0.05) is 29.8 Å². The number of Topliss-reactive ketones (excluding diaryl/α,β-unsaturated/α-hetero) is 2. The van der Waals surface area contributed by atoms with Crippen LogP contribution >= 0.6 is 0 Å². The molecule has 0 amide bonds. The summed E-state index contributed by atoms with van der Waals surface area (Å²) in [6.07, 6.45) is 2.78. The summed E-state index contributed by atoms with van der Waals surface area (Å²) in [6, 6.07) is 3.32. The largest absolute Gasteiger partial charge is 0.345 e. The minimum Gasteiger partial charge on any atom is -0.345 e. The second kappa shape index (κ2) is 8.31. The summed E-state index contributed by atoms with van der Waals surface area (Å²) >= 11 is 0. The number of carbonyl (C=O) groups is 2. The van der Waals surface area contributed by atoms with Crippen molar-refractivity contribution >= 4 is 38.3 Å². The van der Waals surface area contributed by atoms with Gasteiger partial charge in [-0.05, 0) is 37.1 Å². The van der Waals surface area contributed by atoms with Gasteiger partial charge < -0.3 is 4.98 Å². The number of ketones is 2. The van der Waals surface area contributed by atoms with Crippen molar-refractivity contribution in [2.75, 3.05) is 10.5 Å². The lowest BCUT2D eigenvalue weighted by Crippen LogP contribution is -2.19. The van der Waals surface area contributed by atoms with Crippen molar-refractivity contribution in [3.05, 3.63) is 58.9 Å². The van der Waals surface area contributed by atoms with Crippen LogP contribution < -0.4 is 4.72 Å². The van der Waals surface area contributed by atoms with Gasteiger partial charge in [0.05, 0.1) is 17.0 Å². The molecule has 0 atom stereocenters. The number of aromatic amines is 1. The Balaban J connectivity index is 1.93. The number of nitrogens with zero attached hydrogens (tertiary/aromatic N) is 1. The first-order valence-corrected chi connectivity index (χ1v) is 10.8. The van der Waals surface area contributed by atoms with Crippen LogP contribution in [0.15, 0.2) is 30.6 Å². The van der Waals surface area contributed by atoms with E-state index in [9.17, 15) is 26.8 Å². The highest BCUT2D eigenvalue weighted by Gasteiger charge is 2.23. The van der Waals surface area contributed by atoms with Crippen molar-refractivity contribution < 1.29 is 26.8 Å². The number of sulfonamides is 1. The number of benzene rings is 1. The minimum absolute atomic E-state index is 0.198. The molecule has 2 N–H and O–H groups in total. The normalized spacial score (nSPS) is 11.6. The van der Waals surface area contributed by atoms with E-state index in [2.05, 4.69) is 9.97 Å². The predicted molar refractivity (Wildman–Crippen MR) is 108 cm³/mol. The molecule has 0 spiro atoms. The van der Waals surface area contributed by atoms with E-state index < -0.39 is 38.7 Å². The summed E-state index contributed by atoms with van der Waals surface area (Å²) in [5.41, 5.74) is -0.151. The molecule has 0 saturated carbocycles. The first kappa shape index (κ1) is 21.6. The van der Waals surface area contributed by atoms with Gasteiger partial charge in [0.25, 0.3) is 0 Å². The van der Waals surface area contributed by atoms with Gasteiger partial charge in [-0.1, -0.05) is 6.92 Å². The van der Waals surface area contributed by atoms with E-state index >= 15 is 0 Å². The zero-order chi connectivity index (χ0) is 22.1. The summed E-state index contributed by atoms with van der Waals surface area (Å²) in [7, 11) is -3.82. The van der Waals surface area contributed by atoms with Crippen LogP contribution in [0.4, 0.5) is 14.5 Å². The van der Waals surface area contributed by atoms with Crippen molar-refractivity contribution in [3.63, 3.8) is 0 Å². The molecule has 3 aromatic rings. The average molecular weight is 435 g/mol. The van der Waals surface area contributed by atoms with Crippen molar-refractivity contribution in [1.82, 2.24) is 9.97 Å². The van der Waals surface area contributed by atoms with Crippen LogP contribution in [0, 0.1) is 11.6 Å². The van der Waals surface area contributed by atoms with Crippen LogP contribution in [0.2, 0.25) is 0 Å². The zero-order valence-corrected chi connectivity index (χ0v) is 17.1. The molecule has 0 fully saturated rings. The molecule has 1 aromatic carbocycles. The second-order valence-electron chi connectivity index (χ2n) is 6.80. The Hall–Kier alpha value is -3.14. The maximum absolute atomic E-state index is 14.8. The molecule has 2 aromatic heterocycles. The third-order valence-corrected chi connectivity index (χ3v) is 5.92. The maximum Gasteiger partial charge on any atom is 0.232 e. The number of hydrogen-bond acceptors (Lipinski definition) is 5. The minimum atomic E-state index is -3.82. The molecule has 0 bridgehead atoms. The number of H-pyrrole nitrogens is 1. The van der Waals surface area contributed by atoms with E-state index in [-0.39, 0.29) is 18.0 Å². The molecule has 3 rings (SSSR count). The van der Waals surface area contributed by atoms with Crippen LogP contribution in [0.1, 0.15) is 46.5 Å². The Morgan fingerprint density at radius 1 is 1.23 bits per heavy atom. The molecule has 10 heteroatoms. The summed E-state index contributed by atoms with van der Waals surface area (Å²) in [5.74, 6) is -3.71. The lowest BCUT2D eigenvalue weighted by molar-refractivity contribution is 0.0983. The van der Waals surface area contributed by atoms with Crippen LogP contribution in [0.3, 0.4) is 0 Å². The summed E-state index contributed by atoms with van der Waals surface area (Å²) in [5, 5.41) is 0.495. The fourth-order valence-electron chi connectivity index (χ4n) is 3.08. The van der Waals surface area contributed by atoms with Gasteiger partial charge in [0.2, 0.25) is 10.0 Å². The standard InChI is InChI=1S/C20H19F2N3O4S/c1-3-6-30(28,29)25-16-5-4-15(21)18(19(16)22)17(27)8-12-7-13-14(11(2)26)10-24-20(13)23-9-12/h4-5,7,9-10,25H,3,6,8H2,1-2H3,(H,23,24). The lowest BCUT2D eigenvalue weighted by atomic mass is 10.0. The third-order valence-electron chi connectivity index (χ3n) is 4.44. The molecule has 158 valence electrons. The highest BCUT2D eigenvalue weighted by atomic mass is 32.2. The summed E-state index contributed by atoms with van der Waals surface area (Å²) in [6.45, 7) is 3.03. The van der Waals surface area contributed by atoms with Gasteiger partial charge in [-0.15, -0.1) is 0 Å². The smallest absolute Gasteiger partial charge is 0.232 e. The number of aromatic nitrogens is 2. The third kappa shape index (κ3) is 4.38. The number of fused-ring (bicyclic) bond motifs is 1. The van der Waals surface area contributed by atoms with E-state index in [1.54, 1.807) is 13.0 Å². The molecule has 0 aliphatic heterocycles. The molecule has 7 nitrogen and oxygen atoms in total. The molecule has 0 radical (unpaired) electrons. The summed E-state index contributed by atoms with van der Waals surface area (Å²) in [4.78, 5) is 31.3. The van der Waals surface area contributed by atoms with E-state index in [4.69, 9.17) is 0 Å². The van der Waals surface area contributed by atoms with Gasteiger partial charge >= 0.3 is 0 Å². The highest BCUT2D eigenvalue weighted by Crippen LogP contribution is 2.25. The van der Waals surface area contributed by atoms with Gasteiger partial charge in [-0.3, -0.25) is 14.3 Å². The molecule has 2 heterocycles. The van der Waals surface area contributed by atoms with E-state index in [1.165, 1.54) is 19.3 Å². The van der Waals surface area contributed by atoms with Crippen LogP contribution in [0.25, 0.3) is 11.0 Å². The first-order valence-electron chi connectivity index (χ1n) is 9.11. The second-order valence-corrected chi connectivity index (χ2v) is 8.64. The highest BCUT2D eigenvalue weighted by molar-refractivity contribution is 7.92. The van der Waals surface area contributed by atoms with Crippen molar-refractivity contribution in [2.24, 2.45) is 0 Å². The first-order chi connectivity index (χ1) is 14.1. The van der Waals surface area contributed by atoms with Gasteiger partial charge in [0.1, 0.15) is 11.5 Å². The topological polar surface area (TPSA) is 109 Å². The predicted octanol–water partition coefficient (Wildman–Crippen LogP) is 3.62. The Kier molecular flexibility index (Phi) is 5.97. The number of anilines is 1. The van der Waals surface area contributed by atoms with Crippen LogP contribution in [0.5, 0.6) is 0 Å². The fourth-order valence-corrected chi connectivity index (χ4v) is 4.21. The number of pyridine rings is 1. The fraction of sp³-hybridized carbons (Fsp3) is 0.250. The number of halogens is 2. The van der Waals surface area contributed by atoms with E-state index in [0.717, 1.165) is 12.1 Å². The number of rotatable bonds is 8. The Morgan fingerprint density at radius 3 is 2.63 bits per heavy atom. The van der Waals surface area contributed by atoms with Crippen molar-refractivity contribution in [1.29, 1.82) is 0 Å². The monoisotopic (exact) mass is 435 g/mol. The number of nitrogens with one attached hydrogen (secondary N) is 2. The van der Waals surface area contributed by atoms with Gasteiger partial charge in [-0.2, -0.15) is 0 Å². The molecule has 0 unspecified atom stereocenters. The maximum atomic E-state index is 14.8. The Morgan fingerprint density at radius 2 is 1.97 bits per heavy atom. The van der Waals surface area contributed by atoms with Crippen LogP contribution in [-0.4, -0.2) is 35.7 Å². The Bertz CT molecular complexity index is 1250. The summed E-state index contributed by atoms with van der Waals surface area (Å²) < 4.78 is 54.9. The lowest BCUT2D eigenvalue weighted by Gasteiger charge is -2.11. The van der Waals surface area contributed by atoms with Crippen molar-refractivity contribution in [3.8, 4) is 0 Å². The van der Waals surface area contributed by atoms with E-state index in [0.29, 0.717) is 28.6 Å². The van der Waals surface area contributed by atoms with Crippen LogP contribution in [-0.2, 0) is 16.4 Å². The quantitative estimate of drug-likeness (QED) is 0.525. The Labute approximate surface area is 171 Å². The zero-order valence-electron chi connectivity index (χ0n) is 16.3. The molecule has 0 aliphatic rings.